The minimum absolute atomic E-state index is 0.178. The Morgan fingerprint density at radius 2 is 2.00 bits per heavy atom. The molecule has 2 amide bonds. The number of hydrogen-bond acceptors (Lipinski definition) is 2. The summed E-state index contributed by atoms with van der Waals surface area (Å²) in [7, 11) is 0. The third-order valence-corrected chi connectivity index (χ3v) is 2.86. The van der Waals surface area contributed by atoms with E-state index in [0.29, 0.717) is 0 Å². The van der Waals surface area contributed by atoms with Gasteiger partial charge in [-0.3, -0.25) is 9.59 Å². The first-order chi connectivity index (χ1) is 8.99. The Balaban J connectivity index is 1.99. The molecule has 1 aromatic carbocycles. The van der Waals surface area contributed by atoms with Crippen molar-refractivity contribution < 1.29 is 18.4 Å². The number of amides is 2. The average Bonchev–Trinajstić information content (AvgIpc) is 3.16. The van der Waals surface area contributed by atoms with Crippen LogP contribution in [-0.2, 0) is 4.79 Å². The average molecular weight is 268 g/mol. The van der Waals surface area contributed by atoms with Gasteiger partial charge >= 0.3 is 0 Å². The molecule has 1 aromatic rings. The van der Waals surface area contributed by atoms with E-state index >= 15 is 0 Å². The van der Waals surface area contributed by atoms with E-state index in [2.05, 4.69) is 10.6 Å². The van der Waals surface area contributed by atoms with Crippen molar-refractivity contribution in [2.75, 3.05) is 0 Å². The van der Waals surface area contributed by atoms with Gasteiger partial charge in [0.1, 0.15) is 6.04 Å². The minimum atomic E-state index is -1.21. The highest BCUT2D eigenvalue weighted by Gasteiger charge is 2.27. The van der Waals surface area contributed by atoms with Gasteiger partial charge in [-0.25, -0.2) is 8.78 Å². The van der Waals surface area contributed by atoms with E-state index < -0.39 is 29.1 Å². The summed E-state index contributed by atoms with van der Waals surface area (Å²) in [5.41, 5.74) is -0.411. The highest BCUT2D eigenvalue weighted by atomic mass is 19.2. The lowest BCUT2D eigenvalue weighted by Gasteiger charge is -2.14. The quantitative estimate of drug-likeness (QED) is 0.866. The minimum Gasteiger partial charge on any atom is -0.352 e. The fourth-order valence-electron chi connectivity index (χ4n) is 1.57. The molecular formula is C13H14F2N2O2. The zero-order chi connectivity index (χ0) is 14.0. The molecule has 1 aliphatic rings. The Hall–Kier alpha value is -1.98. The van der Waals surface area contributed by atoms with Gasteiger partial charge in [0.2, 0.25) is 5.91 Å². The van der Waals surface area contributed by atoms with Crippen molar-refractivity contribution in [3.05, 3.63) is 35.4 Å². The second-order valence-electron chi connectivity index (χ2n) is 4.58. The zero-order valence-corrected chi connectivity index (χ0v) is 10.4. The van der Waals surface area contributed by atoms with Crippen LogP contribution in [0.2, 0.25) is 0 Å². The maximum absolute atomic E-state index is 13.4. The van der Waals surface area contributed by atoms with Gasteiger partial charge in [-0.05, 0) is 31.9 Å². The Morgan fingerprint density at radius 3 is 2.63 bits per heavy atom. The fraction of sp³-hybridized carbons (Fsp3) is 0.385. The number of rotatable bonds is 4. The Morgan fingerprint density at radius 1 is 1.32 bits per heavy atom. The van der Waals surface area contributed by atoms with E-state index in [0.717, 1.165) is 18.9 Å². The van der Waals surface area contributed by atoms with E-state index in [4.69, 9.17) is 0 Å². The summed E-state index contributed by atoms with van der Waals surface area (Å²) in [5, 5.41) is 5.05. The molecule has 0 heterocycles. The van der Waals surface area contributed by atoms with Crippen LogP contribution < -0.4 is 10.6 Å². The van der Waals surface area contributed by atoms with Crippen LogP contribution in [0.4, 0.5) is 8.78 Å². The highest BCUT2D eigenvalue weighted by molar-refractivity contribution is 5.97. The van der Waals surface area contributed by atoms with Crippen LogP contribution >= 0.6 is 0 Å². The van der Waals surface area contributed by atoms with Crippen molar-refractivity contribution in [3.8, 4) is 0 Å². The molecule has 1 atom stereocenters. The van der Waals surface area contributed by atoms with Crippen LogP contribution in [0, 0.1) is 11.6 Å². The van der Waals surface area contributed by atoms with Gasteiger partial charge in [0, 0.05) is 6.04 Å². The SMILES string of the molecule is CC(NC(=O)c1cccc(F)c1F)C(=O)NC1CC1. The lowest BCUT2D eigenvalue weighted by atomic mass is 10.1. The molecular weight excluding hydrogens is 254 g/mol. The Bertz CT molecular complexity index is 515. The summed E-state index contributed by atoms with van der Waals surface area (Å²) in [6, 6.07) is 2.71. The number of carbonyl (C=O) groups excluding carboxylic acids is 2. The molecule has 0 saturated heterocycles. The molecule has 0 radical (unpaired) electrons. The van der Waals surface area contributed by atoms with Gasteiger partial charge in [-0.2, -0.15) is 0 Å². The molecule has 2 rings (SSSR count). The van der Waals surface area contributed by atoms with Crippen LogP contribution in [0.25, 0.3) is 0 Å². The third kappa shape index (κ3) is 3.27. The molecule has 2 N–H and O–H groups in total. The first-order valence-electron chi connectivity index (χ1n) is 6.04. The molecule has 1 saturated carbocycles. The van der Waals surface area contributed by atoms with Crippen LogP contribution in [0.15, 0.2) is 18.2 Å². The zero-order valence-electron chi connectivity index (χ0n) is 10.4. The van der Waals surface area contributed by atoms with Crippen LogP contribution in [0.3, 0.4) is 0 Å². The summed E-state index contributed by atoms with van der Waals surface area (Å²) in [6.45, 7) is 1.49. The molecule has 19 heavy (non-hydrogen) atoms. The smallest absolute Gasteiger partial charge is 0.255 e. The standard InChI is InChI=1S/C13H14F2N2O2/c1-7(12(18)17-8-5-6-8)16-13(19)9-3-2-4-10(14)11(9)15/h2-4,7-8H,5-6H2,1H3,(H,16,19)(H,17,18). The molecule has 1 aliphatic carbocycles. The number of hydrogen-bond donors (Lipinski definition) is 2. The number of benzene rings is 1. The van der Waals surface area contributed by atoms with Gasteiger partial charge in [-0.1, -0.05) is 6.07 Å². The lowest BCUT2D eigenvalue weighted by molar-refractivity contribution is -0.122. The van der Waals surface area contributed by atoms with Crippen molar-refractivity contribution >= 4 is 11.8 Å². The normalized spacial score (nSPS) is 15.7. The first kappa shape index (κ1) is 13.5. The van der Waals surface area contributed by atoms with Crippen LogP contribution in [0.5, 0.6) is 0 Å². The predicted octanol–water partition coefficient (Wildman–Crippen LogP) is 1.36. The van der Waals surface area contributed by atoms with E-state index in [1.807, 2.05) is 0 Å². The number of halogens is 2. The van der Waals surface area contributed by atoms with Gasteiger partial charge in [0.25, 0.3) is 5.91 Å². The number of carbonyl (C=O) groups is 2. The van der Waals surface area contributed by atoms with Crippen molar-refractivity contribution in [2.45, 2.75) is 31.8 Å². The van der Waals surface area contributed by atoms with Crippen molar-refractivity contribution in [3.63, 3.8) is 0 Å². The molecule has 1 unspecified atom stereocenters. The monoisotopic (exact) mass is 268 g/mol. The first-order valence-corrected chi connectivity index (χ1v) is 6.04. The second-order valence-corrected chi connectivity index (χ2v) is 4.58. The van der Waals surface area contributed by atoms with E-state index in [1.165, 1.54) is 19.1 Å². The third-order valence-electron chi connectivity index (χ3n) is 2.86. The van der Waals surface area contributed by atoms with Crippen LogP contribution in [0.1, 0.15) is 30.1 Å². The van der Waals surface area contributed by atoms with E-state index in [9.17, 15) is 18.4 Å². The summed E-state index contributed by atoms with van der Waals surface area (Å²) in [5.74, 6) is -3.44. The topological polar surface area (TPSA) is 58.2 Å². The Kier molecular flexibility index (Phi) is 3.78. The van der Waals surface area contributed by atoms with Crippen molar-refractivity contribution in [1.29, 1.82) is 0 Å². The second kappa shape index (κ2) is 5.34. The summed E-state index contributed by atoms with van der Waals surface area (Å²) >= 11 is 0. The largest absolute Gasteiger partial charge is 0.352 e. The summed E-state index contributed by atoms with van der Waals surface area (Å²) < 4.78 is 26.4. The molecule has 4 nitrogen and oxygen atoms in total. The fourth-order valence-corrected chi connectivity index (χ4v) is 1.57. The van der Waals surface area contributed by atoms with E-state index in [1.54, 1.807) is 0 Å². The molecule has 102 valence electrons. The molecule has 0 spiro atoms. The Labute approximate surface area is 109 Å². The summed E-state index contributed by atoms with van der Waals surface area (Å²) in [6.07, 6.45) is 1.87. The van der Waals surface area contributed by atoms with Gasteiger partial charge < -0.3 is 10.6 Å². The lowest BCUT2D eigenvalue weighted by Crippen LogP contribution is -2.45. The molecule has 6 heteroatoms. The van der Waals surface area contributed by atoms with E-state index in [-0.39, 0.29) is 11.9 Å². The molecule has 0 aliphatic heterocycles. The van der Waals surface area contributed by atoms with Gasteiger partial charge in [-0.15, -0.1) is 0 Å². The maximum atomic E-state index is 13.4. The van der Waals surface area contributed by atoms with Crippen molar-refractivity contribution in [2.24, 2.45) is 0 Å². The highest BCUT2D eigenvalue weighted by Crippen LogP contribution is 2.18. The summed E-state index contributed by atoms with van der Waals surface area (Å²) in [4.78, 5) is 23.4. The molecule has 0 aromatic heterocycles. The maximum Gasteiger partial charge on any atom is 0.255 e. The predicted molar refractivity (Wildman–Crippen MR) is 64.5 cm³/mol. The van der Waals surface area contributed by atoms with Crippen molar-refractivity contribution in [1.82, 2.24) is 10.6 Å². The molecule has 1 fully saturated rings. The van der Waals surface area contributed by atoms with Gasteiger partial charge in [0.05, 0.1) is 5.56 Å². The van der Waals surface area contributed by atoms with Crippen LogP contribution in [-0.4, -0.2) is 23.9 Å². The number of nitrogens with one attached hydrogen (secondary N) is 2. The van der Waals surface area contributed by atoms with Gasteiger partial charge in [0.15, 0.2) is 11.6 Å². The molecule has 0 bridgehead atoms.